The second kappa shape index (κ2) is 10.9. The molecule has 1 N–H and O–H groups in total. The Hall–Kier alpha value is -2.24. The second-order valence-corrected chi connectivity index (χ2v) is 7.89. The number of carbonyl (C=O) groups excluding carboxylic acids is 2. The normalized spacial score (nSPS) is 21.8. The lowest BCUT2D eigenvalue weighted by atomic mass is 9.75. The van der Waals surface area contributed by atoms with E-state index in [0.717, 1.165) is 18.5 Å². The quantitative estimate of drug-likeness (QED) is 0.640. The van der Waals surface area contributed by atoms with Crippen LogP contribution in [0.5, 0.6) is 5.75 Å². The van der Waals surface area contributed by atoms with E-state index in [0.29, 0.717) is 30.0 Å². The minimum atomic E-state index is -0.462. The molecule has 1 aliphatic carbocycles. The number of hydrogen-bond donors (Lipinski definition) is 1. The maximum absolute atomic E-state index is 12.1. The minimum Gasteiger partial charge on any atom is -0.495 e. The summed E-state index contributed by atoms with van der Waals surface area (Å²) in [6.45, 7) is 6.58. The van der Waals surface area contributed by atoms with Gasteiger partial charge in [-0.1, -0.05) is 39.3 Å². The monoisotopic (exact) mass is 391 g/mol. The molecule has 0 radical (unpaired) electrons. The first-order valence-electron chi connectivity index (χ1n) is 10.1. The Labute approximate surface area is 167 Å². The van der Waals surface area contributed by atoms with Crippen molar-refractivity contribution in [2.24, 2.45) is 17.8 Å². The van der Waals surface area contributed by atoms with E-state index in [1.54, 1.807) is 7.11 Å². The fourth-order valence-corrected chi connectivity index (χ4v) is 3.75. The molecule has 0 unspecified atom stereocenters. The summed E-state index contributed by atoms with van der Waals surface area (Å²) in [6, 6.07) is 7.47. The third-order valence-electron chi connectivity index (χ3n) is 5.35. The molecule has 0 aromatic heterocycles. The van der Waals surface area contributed by atoms with Crippen LogP contribution in [0.3, 0.4) is 0 Å². The lowest BCUT2D eigenvalue weighted by molar-refractivity contribution is -0.167. The molecule has 0 amide bonds. The topological polar surface area (TPSA) is 73.9 Å². The second-order valence-electron chi connectivity index (χ2n) is 7.89. The first-order valence-corrected chi connectivity index (χ1v) is 10.1. The molecular weight excluding hydrogens is 358 g/mol. The zero-order valence-corrected chi connectivity index (χ0v) is 17.4. The number of nitrogens with one attached hydrogen (secondary N) is 1. The van der Waals surface area contributed by atoms with Crippen LogP contribution in [-0.4, -0.2) is 38.3 Å². The highest BCUT2D eigenvalue weighted by atomic mass is 16.6. The van der Waals surface area contributed by atoms with Crippen LogP contribution < -0.4 is 10.1 Å². The van der Waals surface area contributed by atoms with Crippen molar-refractivity contribution in [3.05, 3.63) is 24.3 Å². The van der Waals surface area contributed by atoms with E-state index < -0.39 is 11.9 Å². The van der Waals surface area contributed by atoms with Crippen LogP contribution in [0.25, 0.3) is 0 Å². The van der Waals surface area contributed by atoms with Crippen molar-refractivity contribution >= 4 is 17.6 Å². The number of benzene rings is 1. The summed E-state index contributed by atoms with van der Waals surface area (Å²) in [4.78, 5) is 24.0. The number of anilines is 1. The number of ether oxygens (including phenoxy) is 3. The molecule has 0 bridgehead atoms. The number of hydrogen-bond acceptors (Lipinski definition) is 6. The average molecular weight is 392 g/mol. The predicted octanol–water partition coefficient (Wildman–Crippen LogP) is 4.04. The Bertz CT molecular complexity index is 646. The van der Waals surface area contributed by atoms with E-state index in [-0.39, 0.29) is 19.1 Å². The van der Waals surface area contributed by atoms with Gasteiger partial charge in [0.05, 0.1) is 19.2 Å². The molecule has 6 heteroatoms. The summed E-state index contributed by atoms with van der Waals surface area (Å²) in [7, 11) is 1.59. The van der Waals surface area contributed by atoms with Crippen LogP contribution in [0.4, 0.5) is 5.69 Å². The largest absolute Gasteiger partial charge is 0.495 e. The van der Waals surface area contributed by atoms with Crippen molar-refractivity contribution in [1.82, 2.24) is 0 Å². The highest BCUT2D eigenvalue weighted by molar-refractivity contribution is 5.76. The molecule has 156 valence electrons. The van der Waals surface area contributed by atoms with Crippen molar-refractivity contribution in [3.63, 3.8) is 0 Å². The van der Waals surface area contributed by atoms with Gasteiger partial charge in [-0.2, -0.15) is 0 Å². The van der Waals surface area contributed by atoms with Gasteiger partial charge < -0.3 is 19.5 Å². The van der Waals surface area contributed by atoms with E-state index in [4.69, 9.17) is 14.2 Å². The number of esters is 2. The van der Waals surface area contributed by atoms with Gasteiger partial charge in [0.15, 0.2) is 6.61 Å². The molecule has 1 aromatic rings. The maximum Gasteiger partial charge on any atom is 0.344 e. The van der Waals surface area contributed by atoms with Gasteiger partial charge in [-0.15, -0.1) is 0 Å². The van der Waals surface area contributed by atoms with E-state index in [9.17, 15) is 9.59 Å². The van der Waals surface area contributed by atoms with Crippen molar-refractivity contribution in [3.8, 4) is 5.75 Å². The Morgan fingerprint density at radius 3 is 2.64 bits per heavy atom. The van der Waals surface area contributed by atoms with Gasteiger partial charge in [-0.3, -0.25) is 4.79 Å². The van der Waals surface area contributed by atoms with E-state index >= 15 is 0 Å². The van der Waals surface area contributed by atoms with Gasteiger partial charge in [0.1, 0.15) is 11.9 Å². The molecule has 1 aliphatic rings. The van der Waals surface area contributed by atoms with Crippen molar-refractivity contribution in [1.29, 1.82) is 0 Å². The molecule has 0 heterocycles. The van der Waals surface area contributed by atoms with Gasteiger partial charge >= 0.3 is 11.9 Å². The molecule has 2 rings (SSSR count). The van der Waals surface area contributed by atoms with Gasteiger partial charge in [-0.05, 0) is 42.7 Å². The van der Waals surface area contributed by atoms with Crippen LogP contribution in [-0.2, 0) is 19.1 Å². The molecule has 0 saturated heterocycles. The van der Waals surface area contributed by atoms with E-state index in [2.05, 4.69) is 26.1 Å². The standard InChI is InChI=1S/C22H33NO5/c1-15(2)17-10-9-16(3)13-20(17)28-22(25)14-27-21(24)11-12-23-18-7-5-6-8-19(18)26-4/h5-8,15-17,20,23H,9-14H2,1-4H3/t16-,17+,20-/m1/s1. The molecule has 0 aliphatic heterocycles. The molecule has 3 atom stereocenters. The van der Waals surface area contributed by atoms with E-state index in [1.165, 1.54) is 6.42 Å². The summed E-state index contributed by atoms with van der Waals surface area (Å²) in [5.74, 6) is 1.21. The third kappa shape index (κ3) is 6.73. The molecule has 1 aromatic carbocycles. The lowest BCUT2D eigenvalue weighted by Gasteiger charge is -2.36. The molecule has 0 spiro atoms. The van der Waals surface area contributed by atoms with E-state index in [1.807, 2.05) is 24.3 Å². The van der Waals surface area contributed by atoms with Crippen LogP contribution in [0.1, 0.15) is 46.5 Å². The van der Waals surface area contributed by atoms with Crippen LogP contribution in [0.15, 0.2) is 24.3 Å². The highest BCUT2D eigenvalue weighted by Crippen LogP contribution is 2.35. The number of methoxy groups -OCH3 is 1. The highest BCUT2D eigenvalue weighted by Gasteiger charge is 2.33. The number of carbonyl (C=O) groups is 2. The fourth-order valence-electron chi connectivity index (χ4n) is 3.75. The Morgan fingerprint density at radius 1 is 1.18 bits per heavy atom. The molecular formula is C22H33NO5. The Kier molecular flexibility index (Phi) is 8.61. The summed E-state index contributed by atoms with van der Waals surface area (Å²) < 4.78 is 16.0. The minimum absolute atomic E-state index is 0.0813. The molecule has 6 nitrogen and oxygen atoms in total. The number of para-hydroxylation sites is 2. The van der Waals surface area contributed by atoms with Crippen LogP contribution in [0.2, 0.25) is 0 Å². The summed E-state index contributed by atoms with van der Waals surface area (Å²) in [6.07, 6.45) is 3.20. The first-order chi connectivity index (χ1) is 13.4. The third-order valence-corrected chi connectivity index (χ3v) is 5.35. The van der Waals surface area contributed by atoms with Gasteiger partial charge in [0, 0.05) is 6.54 Å². The Balaban J connectivity index is 1.70. The van der Waals surface area contributed by atoms with Crippen LogP contribution in [0, 0.1) is 17.8 Å². The fraction of sp³-hybridized carbons (Fsp3) is 0.636. The molecule has 1 fully saturated rings. The zero-order valence-electron chi connectivity index (χ0n) is 17.4. The van der Waals surface area contributed by atoms with Crippen molar-refractivity contribution in [2.45, 2.75) is 52.6 Å². The summed E-state index contributed by atoms with van der Waals surface area (Å²) in [5, 5.41) is 3.13. The lowest BCUT2D eigenvalue weighted by Crippen LogP contribution is -2.36. The Morgan fingerprint density at radius 2 is 1.93 bits per heavy atom. The van der Waals surface area contributed by atoms with Gasteiger partial charge in [0.25, 0.3) is 0 Å². The van der Waals surface area contributed by atoms with Crippen LogP contribution >= 0.6 is 0 Å². The van der Waals surface area contributed by atoms with Gasteiger partial charge in [-0.25, -0.2) is 4.79 Å². The SMILES string of the molecule is COc1ccccc1NCCC(=O)OCC(=O)O[C@@H]1C[C@H](C)CC[C@H]1C(C)C. The van der Waals surface area contributed by atoms with Gasteiger partial charge in [0.2, 0.25) is 0 Å². The predicted molar refractivity (Wildman–Crippen MR) is 108 cm³/mol. The smallest absolute Gasteiger partial charge is 0.344 e. The summed E-state index contributed by atoms with van der Waals surface area (Å²) >= 11 is 0. The van der Waals surface area contributed by atoms with Crippen molar-refractivity contribution in [2.75, 3.05) is 25.6 Å². The molecule has 1 saturated carbocycles. The molecule has 28 heavy (non-hydrogen) atoms. The zero-order chi connectivity index (χ0) is 20.5. The maximum atomic E-state index is 12.1. The first kappa shape index (κ1) is 22.1. The average Bonchev–Trinajstić information content (AvgIpc) is 2.66. The van der Waals surface area contributed by atoms with Crippen molar-refractivity contribution < 1.29 is 23.8 Å². The summed E-state index contributed by atoms with van der Waals surface area (Å²) in [5.41, 5.74) is 0.809. The number of rotatable bonds is 9.